The van der Waals surface area contributed by atoms with Gasteiger partial charge in [-0.05, 0) is 6.07 Å². The third-order valence-electron chi connectivity index (χ3n) is 2.20. The number of rotatable bonds is 2. The molecule has 2 N–H and O–H groups in total. The number of nitrogen functional groups attached to an aromatic ring is 1. The predicted molar refractivity (Wildman–Crippen MR) is 57.4 cm³/mol. The molecule has 0 radical (unpaired) electrons. The number of aryl methyl sites for hydroxylation is 1. The lowest BCUT2D eigenvalue weighted by atomic mass is 10.2. The van der Waals surface area contributed by atoms with E-state index >= 15 is 0 Å². The van der Waals surface area contributed by atoms with Gasteiger partial charge in [-0.1, -0.05) is 0 Å². The van der Waals surface area contributed by atoms with Gasteiger partial charge >= 0.3 is 0 Å². The summed E-state index contributed by atoms with van der Waals surface area (Å²) in [4.78, 5) is 8.30. The smallest absolute Gasteiger partial charge is 0.212 e. The Hall–Kier alpha value is -2.04. The second kappa shape index (κ2) is 3.61. The minimum Gasteiger partial charge on any atom is -0.481 e. The van der Waals surface area contributed by atoms with E-state index in [2.05, 4.69) is 9.97 Å². The number of aromatic nitrogens is 3. The predicted octanol–water partition coefficient (Wildman–Crippen LogP) is 1.07. The van der Waals surface area contributed by atoms with E-state index in [1.54, 1.807) is 30.3 Å². The van der Waals surface area contributed by atoms with Gasteiger partial charge in [0.15, 0.2) is 0 Å². The summed E-state index contributed by atoms with van der Waals surface area (Å²) in [6.07, 6.45) is 3.37. The van der Waals surface area contributed by atoms with Crippen molar-refractivity contribution in [2.45, 2.75) is 0 Å². The fourth-order valence-electron chi connectivity index (χ4n) is 1.30. The maximum absolute atomic E-state index is 5.85. The van der Waals surface area contributed by atoms with Crippen LogP contribution in [0.15, 0.2) is 24.7 Å². The van der Waals surface area contributed by atoms with Gasteiger partial charge in [0.05, 0.1) is 13.4 Å². The first-order valence-electron chi connectivity index (χ1n) is 4.49. The zero-order chi connectivity index (χ0) is 10.8. The average molecular weight is 204 g/mol. The second-order valence-electron chi connectivity index (χ2n) is 3.18. The molecule has 78 valence electrons. The van der Waals surface area contributed by atoms with Gasteiger partial charge in [-0.25, -0.2) is 9.97 Å². The first-order valence-corrected chi connectivity index (χ1v) is 4.49. The molecule has 2 rings (SSSR count). The Morgan fingerprint density at radius 2 is 2.13 bits per heavy atom. The second-order valence-corrected chi connectivity index (χ2v) is 3.18. The summed E-state index contributed by atoms with van der Waals surface area (Å²) in [5.41, 5.74) is 7.47. The Kier molecular flexibility index (Phi) is 2.29. The Balaban J connectivity index is 2.41. The van der Waals surface area contributed by atoms with Crippen LogP contribution in [-0.4, -0.2) is 21.6 Å². The molecule has 0 saturated carbocycles. The van der Waals surface area contributed by atoms with Crippen molar-refractivity contribution in [2.75, 3.05) is 12.8 Å². The van der Waals surface area contributed by atoms with E-state index in [1.807, 2.05) is 13.1 Å². The maximum Gasteiger partial charge on any atom is 0.212 e. The highest BCUT2D eigenvalue weighted by Crippen LogP contribution is 2.23. The van der Waals surface area contributed by atoms with E-state index in [0.717, 1.165) is 11.3 Å². The minimum absolute atomic E-state index is 0.577. The SMILES string of the molecule is COc1ccc(-c2ncn(C)c2N)cn1. The van der Waals surface area contributed by atoms with E-state index in [9.17, 15) is 0 Å². The highest BCUT2D eigenvalue weighted by molar-refractivity contribution is 5.69. The van der Waals surface area contributed by atoms with Crippen LogP contribution in [0.2, 0.25) is 0 Å². The monoisotopic (exact) mass is 204 g/mol. The summed E-state index contributed by atoms with van der Waals surface area (Å²) in [6, 6.07) is 3.66. The molecule has 0 saturated heterocycles. The van der Waals surface area contributed by atoms with Crippen LogP contribution in [0.3, 0.4) is 0 Å². The molecule has 5 nitrogen and oxygen atoms in total. The normalized spacial score (nSPS) is 10.3. The van der Waals surface area contributed by atoms with Gasteiger partial charge in [0.1, 0.15) is 11.5 Å². The average Bonchev–Trinajstić information content (AvgIpc) is 2.60. The summed E-state index contributed by atoms with van der Waals surface area (Å²) < 4.78 is 6.74. The van der Waals surface area contributed by atoms with Crippen molar-refractivity contribution in [3.8, 4) is 17.1 Å². The first-order chi connectivity index (χ1) is 7.22. The van der Waals surface area contributed by atoms with Crippen molar-refractivity contribution in [2.24, 2.45) is 7.05 Å². The number of hydrogen-bond acceptors (Lipinski definition) is 4. The molecule has 2 aromatic rings. The number of ether oxygens (including phenoxy) is 1. The Morgan fingerprint density at radius 1 is 1.33 bits per heavy atom. The first kappa shape index (κ1) is 9.51. The zero-order valence-electron chi connectivity index (χ0n) is 8.64. The molecule has 0 aliphatic carbocycles. The number of hydrogen-bond donors (Lipinski definition) is 1. The summed E-state index contributed by atoms with van der Waals surface area (Å²) in [5.74, 6) is 1.20. The van der Waals surface area contributed by atoms with Crippen LogP contribution >= 0.6 is 0 Å². The molecule has 0 bridgehead atoms. The third kappa shape index (κ3) is 1.63. The van der Waals surface area contributed by atoms with Crippen molar-refractivity contribution in [1.29, 1.82) is 0 Å². The number of nitrogens with zero attached hydrogens (tertiary/aromatic N) is 3. The lowest BCUT2D eigenvalue weighted by Crippen LogP contribution is -1.96. The van der Waals surface area contributed by atoms with E-state index in [4.69, 9.17) is 10.5 Å². The zero-order valence-corrected chi connectivity index (χ0v) is 8.64. The van der Waals surface area contributed by atoms with Gasteiger partial charge in [-0.15, -0.1) is 0 Å². The van der Waals surface area contributed by atoms with Crippen LogP contribution < -0.4 is 10.5 Å². The fourth-order valence-corrected chi connectivity index (χ4v) is 1.30. The van der Waals surface area contributed by atoms with Crippen molar-refractivity contribution in [3.05, 3.63) is 24.7 Å². The third-order valence-corrected chi connectivity index (χ3v) is 2.20. The lowest BCUT2D eigenvalue weighted by Gasteiger charge is -2.01. The maximum atomic E-state index is 5.85. The summed E-state index contributed by atoms with van der Waals surface area (Å²) >= 11 is 0. The molecular weight excluding hydrogens is 192 g/mol. The number of nitrogens with two attached hydrogens (primary N) is 1. The molecule has 0 spiro atoms. The van der Waals surface area contributed by atoms with Crippen LogP contribution in [0.5, 0.6) is 5.88 Å². The van der Waals surface area contributed by atoms with Gasteiger partial charge in [0, 0.05) is 24.9 Å². The molecule has 0 aliphatic rings. The molecule has 0 aliphatic heterocycles. The molecule has 15 heavy (non-hydrogen) atoms. The number of anilines is 1. The summed E-state index contributed by atoms with van der Waals surface area (Å²) in [5, 5.41) is 0. The summed E-state index contributed by atoms with van der Waals surface area (Å²) in [6.45, 7) is 0. The van der Waals surface area contributed by atoms with Crippen LogP contribution in [0, 0.1) is 0 Å². The number of methoxy groups -OCH3 is 1. The molecule has 5 heteroatoms. The summed E-state index contributed by atoms with van der Waals surface area (Å²) in [7, 11) is 3.43. The number of imidazole rings is 1. The van der Waals surface area contributed by atoms with Crippen LogP contribution in [0.4, 0.5) is 5.82 Å². The highest BCUT2D eigenvalue weighted by atomic mass is 16.5. The van der Waals surface area contributed by atoms with E-state index < -0.39 is 0 Å². The molecule has 0 fully saturated rings. The van der Waals surface area contributed by atoms with E-state index in [-0.39, 0.29) is 0 Å². The van der Waals surface area contributed by atoms with Crippen molar-refractivity contribution in [1.82, 2.24) is 14.5 Å². The topological polar surface area (TPSA) is 66.0 Å². The van der Waals surface area contributed by atoms with Crippen LogP contribution in [0.1, 0.15) is 0 Å². The van der Waals surface area contributed by atoms with Gasteiger partial charge < -0.3 is 15.0 Å². The number of pyridine rings is 1. The van der Waals surface area contributed by atoms with Gasteiger partial charge in [-0.2, -0.15) is 0 Å². The van der Waals surface area contributed by atoms with Crippen molar-refractivity contribution >= 4 is 5.82 Å². The highest BCUT2D eigenvalue weighted by Gasteiger charge is 2.07. The Bertz CT molecular complexity index is 461. The Labute approximate surface area is 87.5 Å². The molecule has 2 heterocycles. The Morgan fingerprint density at radius 3 is 2.60 bits per heavy atom. The quantitative estimate of drug-likeness (QED) is 0.794. The molecule has 0 amide bonds. The molecule has 0 unspecified atom stereocenters. The standard InChI is InChI=1S/C10H12N4O/c1-14-6-13-9(10(14)11)7-3-4-8(15-2)12-5-7/h3-6H,11H2,1-2H3. The molecule has 2 aromatic heterocycles. The van der Waals surface area contributed by atoms with Crippen LogP contribution in [-0.2, 0) is 7.05 Å². The van der Waals surface area contributed by atoms with Gasteiger partial charge in [-0.3, -0.25) is 0 Å². The minimum atomic E-state index is 0.577. The van der Waals surface area contributed by atoms with Gasteiger partial charge in [0.2, 0.25) is 5.88 Å². The lowest BCUT2D eigenvalue weighted by molar-refractivity contribution is 0.398. The van der Waals surface area contributed by atoms with Crippen molar-refractivity contribution in [3.63, 3.8) is 0 Å². The molecule has 0 aromatic carbocycles. The fraction of sp³-hybridized carbons (Fsp3) is 0.200. The van der Waals surface area contributed by atoms with Crippen molar-refractivity contribution < 1.29 is 4.74 Å². The van der Waals surface area contributed by atoms with Gasteiger partial charge in [0.25, 0.3) is 0 Å². The van der Waals surface area contributed by atoms with E-state index in [0.29, 0.717) is 11.7 Å². The largest absolute Gasteiger partial charge is 0.481 e. The molecule has 0 atom stereocenters. The van der Waals surface area contributed by atoms with Crippen LogP contribution in [0.25, 0.3) is 11.3 Å². The van der Waals surface area contributed by atoms with E-state index in [1.165, 1.54) is 0 Å². The molecular formula is C10H12N4O.